The normalized spacial score (nSPS) is 16.5. The van der Waals surface area contributed by atoms with Gasteiger partial charge in [0.15, 0.2) is 0 Å². The quantitative estimate of drug-likeness (QED) is 0.696. The summed E-state index contributed by atoms with van der Waals surface area (Å²) in [7, 11) is 0. The third-order valence-electron chi connectivity index (χ3n) is 3.65. The van der Waals surface area contributed by atoms with Crippen LogP contribution in [0, 0.1) is 0 Å². The van der Waals surface area contributed by atoms with Crippen LogP contribution in [0.15, 0.2) is 42.5 Å². The second-order valence-electron chi connectivity index (χ2n) is 5.48. The van der Waals surface area contributed by atoms with Crippen molar-refractivity contribution in [1.82, 2.24) is 5.32 Å². The van der Waals surface area contributed by atoms with Gasteiger partial charge >= 0.3 is 6.03 Å². The zero-order valence-corrected chi connectivity index (χ0v) is 14.3. The molecule has 1 heterocycles. The number of halogens is 2. The number of ketones is 1. The van der Waals surface area contributed by atoms with Gasteiger partial charge < -0.3 is 16.0 Å². The summed E-state index contributed by atoms with van der Waals surface area (Å²) in [5.74, 6) is -1.30. The van der Waals surface area contributed by atoms with Gasteiger partial charge in [0.2, 0.25) is 5.78 Å². The summed E-state index contributed by atoms with van der Waals surface area (Å²) >= 11 is 11.8. The molecule has 0 fully saturated rings. The minimum absolute atomic E-state index is 0.132. The lowest BCUT2D eigenvalue weighted by Crippen LogP contribution is -2.34. The summed E-state index contributed by atoms with van der Waals surface area (Å²) in [6.45, 7) is 0. The average molecular weight is 378 g/mol. The van der Waals surface area contributed by atoms with Gasteiger partial charge in [-0.2, -0.15) is 0 Å². The Kier molecular flexibility index (Phi) is 4.92. The minimum Gasteiger partial charge on any atom is -0.331 e. The van der Waals surface area contributed by atoms with E-state index in [-0.39, 0.29) is 6.42 Å². The standard InChI is InChI=1S/C17H13Cl2N3O3/c18-9-5-10(19)7-11(6-9)20-17(25)22-14-8-15(23)16(24)21-13-4-2-1-3-12(13)14/h1-7,14H,8H2,(H,21,24)(H2,20,22,25). The van der Waals surface area contributed by atoms with Crippen molar-refractivity contribution in [2.45, 2.75) is 12.5 Å². The highest BCUT2D eigenvalue weighted by Crippen LogP contribution is 2.29. The zero-order valence-electron chi connectivity index (χ0n) is 12.8. The largest absolute Gasteiger partial charge is 0.331 e. The summed E-state index contributed by atoms with van der Waals surface area (Å²) in [5.41, 5.74) is 1.56. The Morgan fingerprint density at radius 2 is 1.76 bits per heavy atom. The van der Waals surface area contributed by atoms with Crippen molar-refractivity contribution < 1.29 is 14.4 Å². The number of amides is 3. The number of fused-ring (bicyclic) bond motifs is 1. The van der Waals surface area contributed by atoms with E-state index in [1.54, 1.807) is 42.5 Å². The first-order chi connectivity index (χ1) is 11.9. The van der Waals surface area contributed by atoms with Crippen LogP contribution in [0.3, 0.4) is 0 Å². The van der Waals surface area contributed by atoms with Crippen molar-refractivity contribution in [3.63, 3.8) is 0 Å². The van der Waals surface area contributed by atoms with Crippen LogP contribution >= 0.6 is 23.2 Å². The SMILES string of the molecule is O=C(Nc1cc(Cl)cc(Cl)c1)NC1CC(=O)C(=O)Nc2ccccc21. The summed E-state index contributed by atoms with van der Waals surface area (Å²) in [6, 6.07) is 10.4. The number of Topliss-reactive ketones (excluding diaryl/α,β-unsaturated/α-hetero) is 1. The maximum Gasteiger partial charge on any atom is 0.319 e. The number of hydrogen-bond acceptors (Lipinski definition) is 3. The van der Waals surface area contributed by atoms with Crippen molar-refractivity contribution in [1.29, 1.82) is 0 Å². The molecule has 3 rings (SSSR count). The molecule has 0 saturated heterocycles. The van der Waals surface area contributed by atoms with Gasteiger partial charge in [0, 0.05) is 27.8 Å². The number of carbonyl (C=O) groups excluding carboxylic acids is 3. The molecule has 2 aromatic rings. The molecule has 0 radical (unpaired) electrons. The molecule has 1 atom stereocenters. The fourth-order valence-electron chi connectivity index (χ4n) is 2.57. The van der Waals surface area contributed by atoms with E-state index in [1.807, 2.05) is 0 Å². The molecular formula is C17H13Cl2N3O3. The molecule has 0 aliphatic carbocycles. The van der Waals surface area contributed by atoms with E-state index in [0.29, 0.717) is 27.0 Å². The highest BCUT2D eigenvalue weighted by atomic mass is 35.5. The van der Waals surface area contributed by atoms with Crippen LogP contribution in [0.4, 0.5) is 16.2 Å². The van der Waals surface area contributed by atoms with Gasteiger partial charge in [0.1, 0.15) is 0 Å². The predicted molar refractivity (Wildman–Crippen MR) is 96.1 cm³/mol. The van der Waals surface area contributed by atoms with Crippen LogP contribution in [0.5, 0.6) is 0 Å². The molecular weight excluding hydrogens is 365 g/mol. The van der Waals surface area contributed by atoms with Gasteiger partial charge in [-0.15, -0.1) is 0 Å². The first-order valence-electron chi connectivity index (χ1n) is 7.39. The lowest BCUT2D eigenvalue weighted by atomic mass is 10.0. The number of benzene rings is 2. The first kappa shape index (κ1) is 17.3. The number of carbonyl (C=O) groups is 3. The molecule has 2 aromatic carbocycles. The lowest BCUT2D eigenvalue weighted by molar-refractivity contribution is -0.134. The molecule has 0 spiro atoms. The third kappa shape index (κ3) is 4.10. The van der Waals surface area contributed by atoms with Gasteiger partial charge in [-0.1, -0.05) is 41.4 Å². The summed E-state index contributed by atoms with van der Waals surface area (Å²) < 4.78 is 0. The molecule has 3 N–H and O–H groups in total. The van der Waals surface area contributed by atoms with E-state index in [2.05, 4.69) is 16.0 Å². The Morgan fingerprint density at radius 3 is 2.48 bits per heavy atom. The van der Waals surface area contributed by atoms with E-state index in [4.69, 9.17) is 23.2 Å². The Labute approximate surface area is 153 Å². The van der Waals surface area contributed by atoms with E-state index in [9.17, 15) is 14.4 Å². The Morgan fingerprint density at radius 1 is 1.08 bits per heavy atom. The highest BCUT2D eigenvalue weighted by molar-refractivity contribution is 6.41. The predicted octanol–water partition coefficient (Wildman–Crippen LogP) is 3.77. The first-order valence-corrected chi connectivity index (χ1v) is 8.14. The maximum atomic E-state index is 12.3. The average Bonchev–Trinajstić information content (AvgIpc) is 2.64. The van der Waals surface area contributed by atoms with Gasteiger partial charge in [-0.3, -0.25) is 9.59 Å². The molecule has 0 bridgehead atoms. The molecule has 1 aliphatic rings. The molecule has 0 aromatic heterocycles. The van der Waals surface area contributed by atoms with Gasteiger partial charge in [0.25, 0.3) is 5.91 Å². The van der Waals surface area contributed by atoms with E-state index < -0.39 is 23.8 Å². The Balaban J connectivity index is 1.80. The number of rotatable bonds is 2. The minimum atomic E-state index is -0.696. The maximum absolute atomic E-state index is 12.3. The van der Waals surface area contributed by atoms with Gasteiger partial charge in [-0.05, 0) is 29.8 Å². The lowest BCUT2D eigenvalue weighted by Gasteiger charge is -2.18. The monoisotopic (exact) mass is 377 g/mol. The Hall–Kier alpha value is -2.57. The fourth-order valence-corrected chi connectivity index (χ4v) is 3.10. The topological polar surface area (TPSA) is 87.3 Å². The number of urea groups is 1. The second-order valence-corrected chi connectivity index (χ2v) is 6.35. The second kappa shape index (κ2) is 7.13. The molecule has 3 amide bonds. The number of nitrogens with one attached hydrogen (secondary N) is 3. The Bertz CT molecular complexity index is 850. The van der Waals surface area contributed by atoms with E-state index >= 15 is 0 Å². The third-order valence-corrected chi connectivity index (χ3v) is 4.09. The molecule has 1 unspecified atom stereocenters. The molecule has 1 aliphatic heterocycles. The van der Waals surface area contributed by atoms with Crippen molar-refractivity contribution >= 4 is 52.3 Å². The van der Waals surface area contributed by atoms with Crippen LogP contribution in [0.1, 0.15) is 18.0 Å². The number of anilines is 2. The number of para-hydroxylation sites is 1. The molecule has 0 saturated carbocycles. The van der Waals surface area contributed by atoms with Crippen LogP contribution in [-0.2, 0) is 9.59 Å². The molecule has 128 valence electrons. The summed E-state index contributed by atoms with van der Waals surface area (Å²) in [6.07, 6.45) is -0.132. The van der Waals surface area contributed by atoms with E-state index in [1.165, 1.54) is 0 Å². The fraction of sp³-hybridized carbons (Fsp3) is 0.118. The highest BCUT2D eigenvalue weighted by Gasteiger charge is 2.28. The van der Waals surface area contributed by atoms with Crippen molar-refractivity contribution in [3.05, 3.63) is 58.1 Å². The van der Waals surface area contributed by atoms with Crippen LogP contribution in [0.25, 0.3) is 0 Å². The van der Waals surface area contributed by atoms with Crippen molar-refractivity contribution in [3.8, 4) is 0 Å². The smallest absolute Gasteiger partial charge is 0.319 e. The summed E-state index contributed by atoms with van der Waals surface area (Å²) in [4.78, 5) is 35.9. The van der Waals surface area contributed by atoms with Crippen LogP contribution in [-0.4, -0.2) is 17.7 Å². The van der Waals surface area contributed by atoms with Crippen LogP contribution < -0.4 is 16.0 Å². The molecule has 25 heavy (non-hydrogen) atoms. The molecule has 8 heteroatoms. The van der Waals surface area contributed by atoms with E-state index in [0.717, 1.165) is 0 Å². The van der Waals surface area contributed by atoms with Crippen LogP contribution in [0.2, 0.25) is 10.0 Å². The zero-order chi connectivity index (χ0) is 18.0. The van der Waals surface area contributed by atoms with Crippen molar-refractivity contribution in [2.24, 2.45) is 0 Å². The molecule has 6 nitrogen and oxygen atoms in total. The van der Waals surface area contributed by atoms with Gasteiger partial charge in [0.05, 0.1) is 6.04 Å². The summed E-state index contributed by atoms with van der Waals surface area (Å²) in [5, 5.41) is 8.63. The number of hydrogen-bond donors (Lipinski definition) is 3. The van der Waals surface area contributed by atoms with Crippen molar-refractivity contribution in [2.75, 3.05) is 10.6 Å². The van der Waals surface area contributed by atoms with Gasteiger partial charge in [-0.25, -0.2) is 4.79 Å².